The van der Waals surface area contributed by atoms with Crippen LogP contribution in [0.5, 0.6) is 0 Å². The molecule has 0 saturated heterocycles. The van der Waals surface area contributed by atoms with E-state index in [0.717, 1.165) is 0 Å². The fourth-order valence-corrected chi connectivity index (χ4v) is 1.77. The SMILES string of the molecule is [B]OP(=O)(OC(C)C)OC(C)C. The average molecular weight is 192 g/mol. The Balaban J connectivity index is 4.15. The van der Waals surface area contributed by atoms with E-state index in [1.165, 1.54) is 0 Å². The number of hydrogen-bond donors (Lipinski definition) is 0. The molecule has 0 aromatic heterocycles. The first-order valence-corrected chi connectivity index (χ1v) is 5.21. The first-order valence-electron chi connectivity index (χ1n) is 3.75. The number of phosphoric ester groups is 1. The minimum atomic E-state index is -3.53. The van der Waals surface area contributed by atoms with Crippen LogP contribution in [-0.2, 0) is 18.1 Å². The fourth-order valence-electron chi connectivity index (χ4n) is 0.591. The molecule has 0 atom stereocenters. The molecule has 0 heterocycles. The standard InChI is InChI=1S/C6H14BO4P/c1-5(2)9-12(8,11-7)10-6(3)4/h5-6H,1-4H3. The van der Waals surface area contributed by atoms with E-state index < -0.39 is 7.82 Å². The van der Waals surface area contributed by atoms with Gasteiger partial charge in [0.25, 0.3) is 8.05 Å². The third-order valence-electron chi connectivity index (χ3n) is 0.809. The molecular formula is C6H14BO4P. The summed E-state index contributed by atoms with van der Waals surface area (Å²) < 4.78 is 25.3. The summed E-state index contributed by atoms with van der Waals surface area (Å²) in [7, 11) is 1.26. The molecule has 4 nitrogen and oxygen atoms in total. The second-order valence-corrected chi connectivity index (χ2v) is 4.39. The third kappa shape index (κ3) is 4.93. The van der Waals surface area contributed by atoms with E-state index in [2.05, 4.69) is 4.44 Å². The van der Waals surface area contributed by atoms with Gasteiger partial charge in [0.15, 0.2) is 0 Å². The summed E-state index contributed by atoms with van der Waals surface area (Å²) >= 11 is 0. The van der Waals surface area contributed by atoms with E-state index >= 15 is 0 Å². The van der Waals surface area contributed by atoms with Gasteiger partial charge in [-0.3, -0.25) is 9.05 Å². The molecule has 12 heavy (non-hydrogen) atoms. The van der Waals surface area contributed by atoms with Crippen LogP contribution in [0, 0.1) is 0 Å². The first-order chi connectivity index (χ1) is 5.39. The predicted octanol–water partition coefficient (Wildman–Crippen LogP) is 2.04. The van der Waals surface area contributed by atoms with Gasteiger partial charge in [0, 0.05) is 0 Å². The molecule has 0 rings (SSSR count). The second-order valence-electron chi connectivity index (χ2n) is 2.86. The molecule has 0 aromatic rings. The van der Waals surface area contributed by atoms with Crippen molar-refractivity contribution in [3.63, 3.8) is 0 Å². The van der Waals surface area contributed by atoms with Gasteiger partial charge in [-0.15, -0.1) is 0 Å². The Kier molecular flexibility index (Phi) is 5.10. The van der Waals surface area contributed by atoms with Crippen LogP contribution in [0.3, 0.4) is 0 Å². The summed E-state index contributed by atoms with van der Waals surface area (Å²) in [4.78, 5) is 0. The lowest BCUT2D eigenvalue weighted by atomic mass is 10.5. The van der Waals surface area contributed by atoms with Gasteiger partial charge in [-0.1, -0.05) is 0 Å². The summed E-state index contributed by atoms with van der Waals surface area (Å²) in [5.41, 5.74) is 0. The Morgan fingerprint density at radius 2 is 1.42 bits per heavy atom. The van der Waals surface area contributed by atoms with Crippen molar-refractivity contribution in [2.24, 2.45) is 0 Å². The van der Waals surface area contributed by atoms with Crippen LogP contribution in [0.2, 0.25) is 0 Å². The van der Waals surface area contributed by atoms with Crippen LogP contribution in [-0.4, -0.2) is 20.3 Å². The van der Waals surface area contributed by atoms with Crippen LogP contribution >= 0.6 is 7.82 Å². The van der Waals surface area contributed by atoms with Gasteiger partial charge in [-0.05, 0) is 27.7 Å². The molecule has 0 fully saturated rings. The summed E-state index contributed by atoms with van der Waals surface area (Å²) in [6.45, 7) is 6.87. The molecule has 70 valence electrons. The Morgan fingerprint density at radius 3 is 1.58 bits per heavy atom. The third-order valence-corrected chi connectivity index (χ3v) is 2.43. The summed E-state index contributed by atoms with van der Waals surface area (Å²) in [6.07, 6.45) is -0.503. The number of hydrogen-bond acceptors (Lipinski definition) is 4. The zero-order valence-electron chi connectivity index (χ0n) is 7.81. The lowest BCUT2D eigenvalue weighted by Crippen LogP contribution is -2.08. The topological polar surface area (TPSA) is 44.8 Å². The smallest absolute Gasteiger partial charge is 0.362 e. The molecule has 0 aliphatic heterocycles. The molecule has 0 saturated carbocycles. The highest BCUT2D eigenvalue weighted by atomic mass is 31.2. The van der Waals surface area contributed by atoms with Crippen molar-refractivity contribution in [3.05, 3.63) is 0 Å². The van der Waals surface area contributed by atoms with Crippen LogP contribution in [0.15, 0.2) is 0 Å². The zero-order valence-corrected chi connectivity index (χ0v) is 8.71. The van der Waals surface area contributed by atoms with E-state index in [4.69, 9.17) is 17.1 Å². The van der Waals surface area contributed by atoms with Crippen molar-refractivity contribution in [2.45, 2.75) is 39.9 Å². The van der Waals surface area contributed by atoms with Crippen molar-refractivity contribution < 1.29 is 18.1 Å². The molecule has 0 amide bonds. The van der Waals surface area contributed by atoms with Crippen molar-refractivity contribution >= 4 is 15.9 Å². The van der Waals surface area contributed by atoms with Gasteiger partial charge in [0.1, 0.15) is 0 Å². The van der Waals surface area contributed by atoms with Crippen LogP contribution in [0.1, 0.15) is 27.7 Å². The van der Waals surface area contributed by atoms with Crippen molar-refractivity contribution in [2.75, 3.05) is 0 Å². The maximum absolute atomic E-state index is 11.4. The van der Waals surface area contributed by atoms with Crippen LogP contribution < -0.4 is 0 Å². The molecule has 0 unspecified atom stereocenters. The molecule has 2 radical (unpaired) electrons. The number of phosphoric acid groups is 1. The summed E-state index contributed by atoms with van der Waals surface area (Å²) in [6, 6.07) is 0. The van der Waals surface area contributed by atoms with Gasteiger partial charge in [-0.25, -0.2) is 4.57 Å². The van der Waals surface area contributed by atoms with Crippen LogP contribution in [0.4, 0.5) is 0 Å². The van der Waals surface area contributed by atoms with Gasteiger partial charge in [0.05, 0.1) is 12.2 Å². The maximum atomic E-state index is 11.4. The lowest BCUT2D eigenvalue weighted by Gasteiger charge is -2.20. The average Bonchev–Trinajstić information content (AvgIpc) is 1.83. The fraction of sp³-hybridized carbons (Fsp3) is 1.00. The molecule has 0 aromatic carbocycles. The minimum Gasteiger partial charge on any atom is -0.362 e. The molecule has 0 spiro atoms. The highest BCUT2D eigenvalue weighted by Crippen LogP contribution is 2.50. The Bertz CT molecular complexity index is 157. The zero-order chi connectivity index (χ0) is 9.78. The van der Waals surface area contributed by atoms with Crippen molar-refractivity contribution in [3.8, 4) is 0 Å². The summed E-state index contributed by atoms with van der Waals surface area (Å²) in [5.74, 6) is 0. The van der Waals surface area contributed by atoms with Gasteiger partial charge >= 0.3 is 7.82 Å². The van der Waals surface area contributed by atoms with Gasteiger partial charge in [0.2, 0.25) is 0 Å². The highest BCUT2D eigenvalue weighted by molar-refractivity contribution is 7.49. The van der Waals surface area contributed by atoms with Crippen molar-refractivity contribution in [1.29, 1.82) is 0 Å². The largest absolute Gasteiger partial charge is 0.459 e. The van der Waals surface area contributed by atoms with E-state index in [0.29, 0.717) is 0 Å². The van der Waals surface area contributed by atoms with E-state index in [1.807, 2.05) is 0 Å². The Morgan fingerprint density at radius 1 is 1.08 bits per heavy atom. The lowest BCUT2D eigenvalue weighted by molar-refractivity contribution is 0.106. The second kappa shape index (κ2) is 5.02. The Labute approximate surface area is 74.6 Å². The van der Waals surface area contributed by atoms with Gasteiger partial charge < -0.3 is 4.44 Å². The molecule has 0 aliphatic carbocycles. The minimum absolute atomic E-state index is 0.252. The molecule has 6 heteroatoms. The summed E-state index contributed by atoms with van der Waals surface area (Å²) in [5, 5.41) is 0. The number of rotatable bonds is 5. The molecule has 0 aliphatic rings. The molecule has 0 bridgehead atoms. The highest BCUT2D eigenvalue weighted by Gasteiger charge is 2.26. The van der Waals surface area contributed by atoms with Crippen LogP contribution in [0.25, 0.3) is 0 Å². The predicted molar refractivity (Wildman–Crippen MR) is 46.9 cm³/mol. The monoisotopic (exact) mass is 192 g/mol. The maximum Gasteiger partial charge on any atom is 0.459 e. The first kappa shape index (κ1) is 12.2. The van der Waals surface area contributed by atoms with Gasteiger partial charge in [-0.2, -0.15) is 0 Å². The quantitative estimate of drug-likeness (QED) is 0.493. The molecule has 0 N–H and O–H groups in total. The normalized spacial score (nSPS) is 12.8. The molecular weight excluding hydrogens is 178 g/mol. The van der Waals surface area contributed by atoms with E-state index in [-0.39, 0.29) is 12.2 Å². The van der Waals surface area contributed by atoms with E-state index in [1.54, 1.807) is 27.7 Å². The Hall–Kier alpha value is 0.175. The van der Waals surface area contributed by atoms with E-state index in [9.17, 15) is 4.57 Å². The van der Waals surface area contributed by atoms with Crippen molar-refractivity contribution in [1.82, 2.24) is 0 Å².